The molecule has 1 unspecified atom stereocenters. The van der Waals surface area contributed by atoms with Gasteiger partial charge in [0.15, 0.2) is 0 Å². The van der Waals surface area contributed by atoms with Gasteiger partial charge in [-0.15, -0.1) is 21.5 Å². The Morgan fingerprint density at radius 1 is 1.42 bits per heavy atom. The average Bonchev–Trinajstić information content (AvgIpc) is 3.14. The standard InChI is InChI=1S/C15H16F3N3O2S/c1-9-10(5-7-24-9)14(22)21-6-3-2-4-11(21)13-20-19-12(23-13)8-15(16,17)18/h5,7,11H,2-4,6,8H2,1H3. The summed E-state index contributed by atoms with van der Waals surface area (Å²) in [6.45, 7) is 2.39. The van der Waals surface area contributed by atoms with Crippen molar-refractivity contribution in [3.8, 4) is 0 Å². The quantitative estimate of drug-likeness (QED) is 0.834. The van der Waals surface area contributed by atoms with Crippen LogP contribution in [-0.4, -0.2) is 33.7 Å². The first-order chi connectivity index (χ1) is 11.3. The van der Waals surface area contributed by atoms with Gasteiger partial charge in [-0.2, -0.15) is 13.2 Å². The summed E-state index contributed by atoms with van der Waals surface area (Å²) in [5.41, 5.74) is 0.613. The number of thiophene rings is 1. The van der Waals surface area contributed by atoms with Crippen LogP contribution in [0, 0.1) is 6.92 Å². The fourth-order valence-electron chi connectivity index (χ4n) is 2.84. The number of amides is 1. The minimum absolute atomic E-state index is 0.0789. The summed E-state index contributed by atoms with van der Waals surface area (Å²) in [7, 11) is 0. The third kappa shape index (κ3) is 3.61. The molecule has 2 aromatic rings. The number of carbonyl (C=O) groups is 1. The molecule has 0 spiro atoms. The van der Waals surface area contributed by atoms with Gasteiger partial charge in [0.05, 0.1) is 5.56 Å². The third-order valence-corrected chi connectivity index (χ3v) is 4.82. The molecule has 5 nitrogen and oxygen atoms in total. The molecule has 9 heteroatoms. The second kappa shape index (κ2) is 6.54. The van der Waals surface area contributed by atoms with E-state index in [9.17, 15) is 18.0 Å². The minimum Gasteiger partial charge on any atom is -0.423 e. The van der Waals surface area contributed by atoms with Crippen LogP contribution >= 0.6 is 11.3 Å². The van der Waals surface area contributed by atoms with E-state index in [-0.39, 0.29) is 11.8 Å². The van der Waals surface area contributed by atoms with Crippen LogP contribution in [-0.2, 0) is 6.42 Å². The minimum atomic E-state index is -4.40. The molecule has 0 aromatic carbocycles. The van der Waals surface area contributed by atoms with Crippen LogP contribution in [0.1, 0.15) is 52.3 Å². The van der Waals surface area contributed by atoms with Gasteiger partial charge in [0, 0.05) is 11.4 Å². The van der Waals surface area contributed by atoms with E-state index in [1.54, 1.807) is 11.0 Å². The molecule has 0 aliphatic carbocycles. The van der Waals surface area contributed by atoms with E-state index in [1.807, 2.05) is 12.3 Å². The Morgan fingerprint density at radius 3 is 2.88 bits per heavy atom. The van der Waals surface area contributed by atoms with Crippen LogP contribution in [0.5, 0.6) is 0 Å². The zero-order valence-corrected chi connectivity index (χ0v) is 13.8. The van der Waals surface area contributed by atoms with Gasteiger partial charge in [0.25, 0.3) is 5.91 Å². The molecule has 1 aliphatic rings. The Kier molecular flexibility index (Phi) is 4.62. The largest absolute Gasteiger partial charge is 0.423 e. The number of piperidine rings is 1. The molecular formula is C15H16F3N3O2S. The lowest BCUT2D eigenvalue weighted by Gasteiger charge is -2.33. The van der Waals surface area contributed by atoms with Crippen molar-refractivity contribution in [2.45, 2.75) is 44.8 Å². The van der Waals surface area contributed by atoms with E-state index in [0.717, 1.165) is 17.7 Å². The molecule has 0 bridgehead atoms. The van der Waals surface area contributed by atoms with Crippen LogP contribution in [0.15, 0.2) is 15.9 Å². The van der Waals surface area contributed by atoms with Crippen LogP contribution in [0.3, 0.4) is 0 Å². The van der Waals surface area contributed by atoms with E-state index in [1.165, 1.54) is 11.3 Å². The molecule has 0 saturated carbocycles. The summed E-state index contributed by atoms with van der Waals surface area (Å²) in [4.78, 5) is 15.3. The normalized spacial score (nSPS) is 18.8. The summed E-state index contributed by atoms with van der Waals surface area (Å²) in [6, 6.07) is 1.29. The molecule has 1 fully saturated rings. The number of carbonyl (C=O) groups excluding carboxylic acids is 1. The second-order valence-corrected chi connectivity index (χ2v) is 6.85. The monoisotopic (exact) mass is 359 g/mol. The van der Waals surface area contributed by atoms with Crippen molar-refractivity contribution < 1.29 is 22.4 Å². The molecule has 3 rings (SSSR count). The maximum Gasteiger partial charge on any atom is 0.397 e. The van der Waals surface area contributed by atoms with Gasteiger partial charge in [-0.05, 0) is 37.6 Å². The first kappa shape index (κ1) is 16.9. The molecule has 1 saturated heterocycles. The fourth-order valence-corrected chi connectivity index (χ4v) is 3.53. The van der Waals surface area contributed by atoms with Crippen molar-refractivity contribution in [3.05, 3.63) is 33.7 Å². The van der Waals surface area contributed by atoms with Crippen molar-refractivity contribution in [2.75, 3.05) is 6.54 Å². The maximum atomic E-state index is 12.8. The fraction of sp³-hybridized carbons (Fsp3) is 0.533. The van der Waals surface area contributed by atoms with E-state index >= 15 is 0 Å². The van der Waals surface area contributed by atoms with Gasteiger partial charge in [-0.1, -0.05) is 0 Å². The number of aromatic nitrogens is 2. The molecule has 1 atom stereocenters. The van der Waals surface area contributed by atoms with E-state index in [2.05, 4.69) is 10.2 Å². The van der Waals surface area contributed by atoms with Crippen LogP contribution in [0.4, 0.5) is 13.2 Å². The number of likely N-dealkylation sites (tertiary alicyclic amines) is 1. The molecule has 1 amide bonds. The van der Waals surface area contributed by atoms with Gasteiger partial charge in [0.2, 0.25) is 11.8 Å². The molecule has 0 radical (unpaired) electrons. The van der Waals surface area contributed by atoms with E-state index in [0.29, 0.717) is 18.5 Å². The number of alkyl halides is 3. The van der Waals surface area contributed by atoms with Gasteiger partial charge >= 0.3 is 6.18 Å². The highest BCUT2D eigenvalue weighted by Crippen LogP contribution is 2.33. The highest BCUT2D eigenvalue weighted by atomic mass is 32.1. The number of halogens is 3. The number of aryl methyl sites for hydroxylation is 1. The Labute approximate surface area is 140 Å². The molecule has 2 aromatic heterocycles. The van der Waals surface area contributed by atoms with E-state index in [4.69, 9.17) is 4.42 Å². The second-order valence-electron chi connectivity index (χ2n) is 5.73. The van der Waals surface area contributed by atoms with Crippen molar-refractivity contribution in [1.29, 1.82) is 0 Å². The number of nitrogens with zero attached hydrogens (tertiary/aromatic N) is 3. The van der Waals surface area contributed by atoms with Crippen LogP contribution in [0.2, 0.25) is 0 Å². The lowest BCUT2D eigenvalue weighted by Crippen LogP contribution is -2.38. The first-order valence-corrected chi connectivity index (χ1v) is 8.47. The number of rotatable bonds is 3. The van der Waals surface area contributed by atoms with Crippen molar-refractivity contribution >= 4 is 17.2 Å². The predicted molar refractivity (Wildman–Crippen MR) is 80.7 cm³/mol. The topological polar surface area (TPSA) is 59.2 Å². The zero-order valence-electron chi connectivity index (χ0n) is 13.0. The zero-order chi connectivity index (χ0) is 17.3. The first-order valence-electron chi connectivity index (χ1n) is 7.59. The van der Waals surface area contributed by atoms with Crippen molar-refractivity contribution in [2.24, 2.45) is 0 Å². The van der Waals surface area contributed by atoms with E-state index < -0.39 is 24.5 Å². The lowest BCUT2D eigenvalue weighted by molar-refractivity contribution is -0.131. The number of hydrogen-bond acceptors (Lipinski definition) is 5. The highest BCUT2D eigenvalue weighted by Gasteiger charge is 2.35. The third-order valence-electron chi connectivity index (χ3n) is 3.97. The van der Waals surface area contributed by atoms with Crippen molar-refractivity contribution in [1.82, 2.24) is 15.1 Å². The molecular weight excluding hydrogens is 343 g/mol. The van der Waals surface area contributed by atoms with Gasteiger partial charge in [-0.3, -0.25) is 4.79 Å². The average molecular weight is 359 g/mol. The molecule has 1 aliphatic heterocycles. The van der Waals surface area contributed by atoms with Crippen LogP contribution < -0.4 is 0 Å². The molecule has 24 heavy (non-hydrogen) atoms. The maximum absolute atomic E-state index is 12.8. The predicted octanol–water partition coefficient (Wildman–Crippen LogP) is 3.91. The van der Waals surface area contributed by atoms with Crippen LogP contribution in [0.25, 0.3) is 0 Å². The van der Waals surface area contributed by atoms with Gasteiger partial charge in [-0.25, -0.2) is 0 Å². The summed E-state index contributed by atoms with van der Waals surface area (Å²) < 4.78 is 42.5. The van der Waals surface area contributed by atoms with Gasteiger partial charge in [0.1, 0.15) is 12.5 Å². The summed E-state index contributed by atoms with van der Waals surface area (Å²) >= 11 is 1.48. The molecule has 130 valence electrons. The smallest absolute Gasteiger partial charge is 0.397 e. The Bertz CT molecular complexity index is 726. The molecule has 0 N–H and O–H groups in total. The number of hydrogen-bond donors (Lipinski definition) is 0. The lowest BCUT2D eigenvalue weighted by atomic mass is 10.0. The van der Waals surface area contributed by atoms with Crippen molar-refractivity contribution in [3.63, 3.8) is 0 Å². The summed E-state index contributed by atoms with van der Waals surface area (Å²) in [5, 5.41) is 9.07. The SMILES string of the molecule is Cc1sccc1C(=O)N1CCCCC1c1nnc(CC(F)(F)F)o1. The highest BCUT2D eigenvalue weighted by molar-refractivity contribution is 7.10. The van der Waals surface area contributed by atoms with Gasteiger partial charge < -0.3 is 9.32 Å². The summed E-state index contributed by atoms with van der Waals surface area (Å²) in [5.74, 6) is -0.536. The Balaban J connectivity index is 1.82. The molecule has 3 heterocycles. The summed E-state index contributed by atoms with van der Waals surface area (Å²) in [6.07, 6.45) is -3.37. The Morgan fingerprint density at radius 2 is 2.21 bits per heavy atom. The Hall–Kier alpha value is -1.90.